The van der Waals surface area contributed by atoms with Crippen molar-refractivity contribution in [2.24, 2.45) is 5.84 Å². The number of nitrogens with two attached hydrogens (primary N) is 1. The summed E-state index contributed by atoms with van der Waals surface area (Å²) in [6.07, 6.45) is 0.790. The topological polar surface area (TPSA) is 113 Å². The van der Waals surface area contributed by atoms with Crippen molar-refractivity contribution in [3.05, 3.63) is 11.9 Å². The van der Waals surface area contributed by atoms with Gasteiger partial charge in [0.15, 0.2) is 0 Å². The lowest BCUT2D eigenvalue weighted by molar-refractivity contribution is -0.146. The maximum absolute atomic E-state index is 12.1. The molecule has 1 aliphatic rings. The Balaban J connectivity index is 2.21. The predicted molar refractivity (Wildman–Crippen MR) is 78.4 cm³/mol. The smallest absolute Gasteiger partial charge is 0.251 e. The number of nitrogens with zero attached hydrogens (tertiary/aromatic N) is 3. The fraction of sp³-hybridized carbons (Fsp3) is 0.538. The fourth-order valence-corrected chi connectivity index (χ4v) is 2.10. The molecule has 0 aromatic carbocycles. The number of aromatic nitrogens is 2. The van der Waals surface area contributed by atoms with Gasteiger partial charge in [-0.05, 0) is 6.42 Å². The minimum Gasteiger partial charge on any atom is -0.358 e. The van der Waals surface area contributed by atoms with Crippen molar-refractivity contribution in [2.75, 3.05) is 17.8 Å². The Labute approximate surface area is 123 Å². The highest BCUT2D eigenvalue weighted by Crippen LogP contribution is 2.20. The highest BCUT2D eigenvalue weighted by molar-refractivity contribution is 6.01. The molecule has 21 heavy (non-hydrogen) atoms. The van der Waals surface area contributed by atoms with E-state index in [2.05, 4.69) is 20.7 Å². The van der Waals surface area contributed by atoms with E-state index in [9.17, 15) is 9.59 Å². The minimum absolute atomic E-state index is 0.130. The van der Waals surface area contributed by atoms with E-state index in [0.29, 0.717) is 30.3 Å². The Kier molecular flexibility index (Phi) is 4.37. The van der Waals surface area contributed by atoms with Crippen LogP contribution in [0.4, 0.5) is 11.6 Å². The molecular formula is C13H20N6O2. The van der Waals surface area contributed by atoms with Gasteiger partial charge in [-0.3, -0.25) is 14.5 Å². The van der Waals surface area contributed by atoms with Crippen LogP contribution in [0.1, 0.15) is 38.4 Å². The van der Waals surface area contributed by atoms with Gasteiger partial charge in [-0.25, -0.2) is 15.8 Å². The van der Waals surface area contributed by atoms with E-state index in [-0.39, 0.29) is 17.7 Å². The molecule has 1 unspecified atom stereocenters. The first-order chi connectivity index (χ1) is 9.92. The van der Waals surface area contributed by atoms with E-state index in [4.69, 9.17) is 5.84 Å². The molecule has 1 fully saturated rings. The molecule has 0 aliphatic carbocycles. The summed E-state index contributed by atoms with van der Waals surface area (Å²) in [4.78, 5) is 33.3. The van der Waals surface area contributed by atoms with Gasteiger partial charge in [0.25, 0.3) is 5.91 Å². The fourth-order valence-electron chi connectivity index (χ4n) is 2.10. The van der Waals surface area contributed by atoms with E-state index < -0.39 is 6.04 Å². The SMILES string of the molecule is CC(C)c1nc(NN)cc(NC2CCC(=O)N(C)C2=O)n1. The Morgan fingerprint density at radius 3 is 2.62 bits per heavy atom. The molecule has 2 rings (SSSR count). The second-order valence-electron chi connectivity index (χ2n) is 5.32. The Morgan fingerprint density at radius 2 is 2.00 bits per heavy atom. The third-order valence-electron chi connectivity index (χ3n) is 3.38. The van der Waals surface area contributed by atoms with Crippen LogP contribution in [0.3, 0.4) is 0 Å². The zero-order chi connectivity index (χ0) is 15.6. The zero-order valence-electron chi connectivity index (χ0n) is 12.4. The maximum Gasteiger partial charge on any atom is 0.251 e. The number of amides is 2. The van der Waals surface area contributed by atoms with E-state index in [1.807, 2.05) is 13.8 Å². The Morgan fingerprint density at radius 1 is 1.33 bits per heavy atom. The monoisotopic (exact) mass is 292 g/mol. The first-order valence-electron chi connectivity index (χ1n) is 6.85. The van der Waals surface area contributed by atoms with Crippen LogP contribution >= 0.6 is 0 Å². The van der Waals surface area contributed by atoms with Crippen LogP contribution in [-0.4, -0.2) is 39.8 Å². The quantitative estimate of drug-likeness (QED) is 0.419. The summed E-state index contributed by atoms with van der Waals surface area (Å²) in [5.74, 6) is 6.74. The molecule has 0 radical (unpaired) electrons. The van der Waals surface area contributed by atoms with Crippen molar-refractivity contribution >= 4 is 23.5 Å². The summed E-state index contributed by atoms with van der Waals surface area (Å²) >= 11 is 0. The average Bonchev–Trinajstić information content (AvgIpc) is 2.47. The molecule has 1 atom stereocenters. The number of rotatable bonds is 4. The number of nitrogen functional groups attached to an aromatic ring is 1. The van der Waals surface area contributed by atoms with Gasteiger partial charge in [-0.1, -0.05) is 13.8 Å². The minimum atomic E-state index is -0.465. The number of imide groups is 1. The Bertz CT molecular complexity index is 560. The molecule has 2 amide bonds. The molecule has 0 bridgehead atoms. The lowest BCUT2D eigenvalue weighted by Crippen LogP contribution is -2.48. The van der Waals surface area contributed by atoms with Crippen LogP contribution in [0.25, 0.3) is 0 Å². The van der Waals surface area contributed by atoms with Crippen molar-refractivity contribution in [3.63, 3.8) is 0 Å². The molecule has 1 aromatic heterocycles. The van der Waals surface area contributed by atoms with Crippen molar-refractivity contribution in [3.8, 4) is 0 Å². The number of carbonyl (C=O) groups is 2. The molecule has 1 saturated heterocycles. The standard InChI is InChI=1S/C13H20N6O2/c1-7(2)12-16-9(6-10(17-12)18-14)15-8-4-5-11(20)19(3)13(8)21/h6-8H,4-5,14H2,1-3H3,(H2,15,16,17,18). The van der Waals surface area contributed by atoms with Gasteiger partial charge in [-0.2, -0.15) is 0 Å². The van der Waals surface area contributed by atoms with Gasteiger partial charge in [0.2, 0.25) is 5.91 Å². The molecule has 8 heteroatoms. The third-order valence-corrected chi connectivity index (χ3v) is 3.38. The number of anilines is 2. The number of hydrogen-bond donors (Lipinski definition) is 3. The average molecular weight is 292 g/mol. The first-order valence-corrected chi connectivity index (χ1v) is 6.85. The number of hydrazine groups is 1. The summed E-state index contributed by atoms with van der Waals surface area (Å²) in [5.41, 5.74) is 2.49. The number of carbonyl (C=O) groups excluding carboxylic acids is 2. The van der Waals surface area contributed by atoms with Crippen LogP contribution in [0.2, 0.25) is 0 Å². The van der Waals surface area contributed by atoms with Crippen molar-refractivity contribution in [1.29, 1.82) is 0 Å². The van der Waals surface area contributed by atoms with Gasteiger partial charge >= 0.3 is 0 Å². The second kappa shape index (κ2) is 6.04. The van der Waals surface area contributed by atoms with E-state index in [0.717, 1.165) is 4.90 Å². The van der Waals surface area contributed by atoms with Crippen molar-refractivity contribution in [1.82, 2.24) is 14.9 Å². The molecule has 0 saturated carbocycles. The van der Waals surface area contributed by atoms with Crippen molar-refractivity contribution < 1.29 is 9.59 Å². The summed E-state index contributed by atoms with van der Waals surface area (Å²) in [7, 11) is 1.49. The molecule has 1 aliphatic heterocycles. The summed E-state index contributed by atoms with van der Waals surface area (Å²) in [6.45, 7) is 3.94. The van der Waals surface area contributed by atoms with Crippen LogP contribution in [-0.2, 0) is 9.59 Å². The van der Waals surface area contributed by atoms with E-state index in [1.165, 1.54) is 7.05 Å². The molecule has 2 heterocycles. The van der Waals surface area contributed by atoms with Crippen LogP contribution in [0.15, 0.2) is 6.07 Å². The van der Waals surface area contributed by atoms with E-state index >= 15 is 0 Å². The van der Waals surface area contributed by atoms with Gasteiger partial charge < -0.3 is 10.7 Å². The van der Waals surface area contributed by atoms with E-state index in [1.54, 1.807) is 6.07 Å². The number of hydrogen-bond acceptors (Lipinski definition) is 7. The van der Waals surface area contributed by atoms with Crippen LogP contribution in [0, 0.1) is 0 Å². The summed E-state index contributed by atoms with van der Waals surface area (Å²) in [6, 6.07) is 1.17. The predicted octanol–water partition coefficient (Wildman–Crippen LogP) is 0.445. The highest BCUT2D eigenvalue weighted by Gasteiger charge is 2.32. The molecule has 1 aromatic rings. The molecule has 114 valence electrons. The van der Waals surface area contributed by atoms with Gasteiger partial charge in [0, 0.05) is 25.5 Å². The molecule has 8 nitrogen and oxygen atoms in total. The molecular weight excluding hydrogens is 272 g/mol. The summed E-state index contributed by atoms with van der Waals surface area (Å²) in [5, 5.41) is 3.06. The maximum atomic E-state index is 12.1. The number of likely N-dealkylation sites (tertiary alicyclic amines) is 1. The Hall–Kier alpha value is -2.22. The second-order valence-corrected chi connectivity index (χ2v) is 5.32. The van der Waals surface area contributed by atoms with Crippen LogP contribution in [0.5, 0.6) is 0 Å². The van der Waals surface area contributed by atoms with Gasteiger partial charge in [0.05, 0.1) is 0 Å². The van der Waals surface area contributed by atoms with Crippen molar-refractivity contribution in [2.45, 2.75) is 38.6 Å². The number of likely N-dealkylation sites (N-methyl/N-ethyl adjacent to an activating group) is 1. The normalized spacial score (nSPS) is 19.1. The lowest BCUT2D eigenvalue weighted by atomic mass is 10.0. The first kappa shape index (κ1) is 15.2. The van der Waals surface area contributed by atoms with Crippen LogP contribution < -0.4 is 16.6 Å². The van der Waals surface area contributed by atoms with Gasteiger partial charge in [-0.15, -0.1) is 0 Å². The highest BCUT2D eigenvalue weighted by atomic mass is 16.2. The summed E-state index contributed by atoms with van der Waals surface area (Å²) < 4.78 is 0. The molecule has 4 N–H and O–H groups in total. The largest absolute Gasteiger partial charge is 0.358 e. The molecule has 0 spiro atoms. The number of piperidine rings is 1. The zero-order valence-corrected chi connectivity index (χ0v) is 12.4. The number of nitrogens with one attached hydrogen (secondary N) is 2. The van der Waals surface area contributed by atoms with Gasteiger partial charge in [0.1, 0.15) is 23.5 Å². The third kappa shape index (κ3) is 3.27. The lowest BCUT2D eigenvalue weighted by Gasteiger charge is -2.28.